The average molecular weight is 285 g/mol. The van der Waals surface area contributed by atoms with E-state index in [1.54, 1.807) is 12.1 Å². The van der Waals surface area contributed by atoms with E-state index < -0.39 is 0 Å². The van der Waals surface area contributed by atoms with Crippen LogP contribution in [0.1, 0.15) is 22.3 Å². The molecule has 0 atom stereocenters. The molecular formula is C17H19NO3. The second kappa shape index (κ2) is 7.57. The van der Waals surface area contributed by atoms with Crippen LogP contribution in [0.3, 0.4) is 0 Å². The average Bonchev–Trinajstić information content (AvgIpc) is 2.53. The first-order chi connectivity index (χ1) is 10.2. The summed E-state index contributed by atoms with van der Waals surface area (Å²) >= 11 is 0. The molecule has 0 heterocycles. The van der Waals surface area contributed by atoms with Gasteiger partial charge < -0.3 is 15.3 Å². The number of benzene rings is 2. The normalized spacial score (nSPS) is 11.1. The second-order valence-corrected chi connectivity index (χ2v) is 4.77. The summed E-state index contributed by atoms with van der Waals surface area (Å²) in [6.07, 6.45) is 2.50. The van der Waals surface area contributed by atoms with Crippen LogP contribution in [0, 0.1) is 0 Å². The molecule has 0 spiro atoms. The van der Waals surface area contributed by atoms with Crippen molar-refractivity contribution in [3.63, 3.8) is 0 Å². The number of aromatic hydroxyl groups is 1. The lowest BCUT2D eigenvalue weighted by molar-refractivity contribution is 0.263. The van der Waals surface area contributed by atoms with E-state index in [2.05, 4.69) is 4.99 Å². The predicted molar refractivity (Wildman–Crippen MR) is 82.6 cm³/mol. The van der Waals surface area contributed by atoms with Crippen molar-refractivity contribution in [2.45, 2.75) is 19.6 Å². The van der Waals surface area contributed by atoms with E-state index in [4.69, 9.17) is 0 Å². The van der Waals surface area contributed by atoms with Gasteiger partial charge in [-0.15, -0.1) is 0 Å². The van der Waals surface area contributed by atoms with Crippen LogP contribution in [0.2, 0.25) is 0 Å². The fraction of sp³-hybridized carbons (Fsp3) is 0.235. The SMILES string of the molecule is OCc1cc(CCN=Cc2ccccc2)cc(CO)c1O. The maximum Gasteiger partial charge on any atom is 0.126 e. The van der Waals surface area contributed by atoms with Gasteiger partial charge in [0.1, 0.15) is 5.75 Å². The van der Waals surface area contributed by atoms with Gasteiger partial charge in [0.15, 0.2) is 0 Å². The molecule has 2 rings (SSSR count). The van der Waals surface area contributed by atoms with Gasteiger partial charge >= 0.3 is 0 Å². The third kappa shape index (κ3) is 4.15. The molecule has 2 aromatic rings. The Bertz CT molecular complexity index is 584. The van der Waals surface area contributed by atoms with Crippen LogP contribution < -0.4 is 0 Å². The molecule has 0 aliphatic heterocycles. The molecule has 4 heteroatoms. The molecule has 110 valence electrons. The fourth-order valence-electron chi connectivity index (χ4n) is 2.12. The zero-order valence-electron chi connectivity index (χ0n) is 11.7. The van der Waals surface area contributed by atoms with Crippen LogP contribution in [0.4, 0.5) is 0 Å². The van der Waals surface area contributed by atoms with Gasteiger partial charge in [-0.1, -0.05) is 30.3 Å². The van der Waals surface area contributed by atoms with Crippen molar-refractivity contribution < 1.29 is 15.3 Å². The predicted octanol–water partition coefficient (Wildman–Crippen LogP) is 2.04. The van der Waals surface area contributed by atoms with E-state index in [0.717, 1.165) is 11.1 Å². The Labute approximate surface area is 124 Å². The minimum Gasteiger partial charge on any atom is -0.507 e. The maximum atomic E-state index is 9.78. The summed E-state index contributed by atoms with van der Waals surface area (Å²) in [5, 5.41) is 28.2. The van der Waals surface area contributed by atoms with E-state index in [1.165, 1.54) is 0 Å². The Hall–Kier alpha value is -2.17. The summed E-state index contributed by atoms with van der Waals surface area (Å²) < 4.78 is 0. The number of hydrogen-bond donors (Lipinski definition) is 3. The summed E-state index contributed by atoms with van der Waals surface area (Å²) in [6.45, 7) is 0.106. The molecule has 3 N–H and O–H groups in total. The summed E-state index contributed by atoms with van der Waals surface area (Å²) in [5.74, 6) is -0.0310. The van der Waals surface area contributed by atoms with Gasteiger partial charge in [-0.2, -0.15) is 0 Å². The molecule has 0 bridgehead atoms. The number of rotatable bonds is 6. The van der Waals surface area contributed by atoms with Gasteiger partial charge in [0.25, 0.3) is 0 Å². The van der Waals surface area contributed by atoms with Crippen molar-refractivity contribution in [3.05, 3.63) is 64.7 Å². The lowest BCUT2D eigenvalue weighted by Crippen LogP contribution is -1.98. The highest BCUT2D eigenvalue weighted by molar-refractivity contribution is 5.79. The van der Waals surface area contributed by atoms with E-state index in [9.17, 15) is 15.3 Å². The van der Waals surface area contributed by atoms with Crippen LogP contribution in [0.25, 0.3) is 0 Å². The van der Waals surface area contributed by atoms with Crippen molar-refractivity contribution in [1.29, 1.82) is 0 Å². The van der Waals surface area contributed by atoms with Crippen molar-refractivity contribution in [1.82, 2.24) is 0 Å². The highest BCUT2D eigenvalue weighted by Crippen LogP contribution is 2.25. The molecule has 0 unspecified atom stereocenters. The van der Waals surface area contributed by atoms with E-state index in [-0.39, 0.29) is 19.0 Å². The zero-order valence-corrected chi connectivity index (χ0v) is 11.7. The number of hydrogen-bond acceptors (Lipinski definition) is 4. The van der Waals surface area contributed by atoms with E-state index >= 15 is 0 Å². The van der Waals surface area contributed by atoms with E-state index in [1.807, 2.05) is 36.5 Å². The highest BCUT2D eigenvalue weighted by Gasteiger charge is 2.08. The molecule has 2 aromatic carbocycles. The first-order valence-electron chi connectivity index (χ1n) is 6.85. The van der Waals surface area contributed by atoms with Gasteiger partial charge in [0.2, 0.25) is 0 Å². The molecule has 0 fully saturated rings. The lowest BCUT2D eigenvalue weighted by Gasteiger charge is -2.09. The van der Waals surface area contributed by atoms with Crippen molar-refractivity contribution in [2.75, 3.05) is 6.54 Å². The first-order valence-corrected chi connectivity index (χ1v) is 6.85. The summed E-state index contributed by atoms with van der Waals surface area (Å²) in [5.41, 5.74) is 2.86. The van der Waals surface area contributed by atoms with Crippen LogP contribution in [-0.4, -0.2) is 28.1 Å². The molecular weight excluding hydrogens is 266 g/mol. The Morgan fingerprint density at radius 2 is 1.57 bits per heavy atom. The van der Waals surface area contributed by atoms with Gasteiger partial charge in [-0.3, -0.25) is 4.99 Å². The molecule has 0 radical (unpaired) electrons. The Balaban J connectivity index is 2.01. The van der Waals surface area contributed by atoms with Gasteiger partial charge in [0, 0.05) is 23.9 Å². The largest absolute Gasteiger partial charge is 0.507 e. The van der Waals surface area contributed by atoms with E-state index in [0.29, 0.717) is 24.1 Å². The zero-order chi connectivity index (χ0) is 15.1. The summed E-state index contributed by atoms with van der Waals surface area (Å²) in [7, 11) is 0. The van der Waals surface area contributed by atoms with Crippen LogP contribution in [-0.2, 0) is 19.6 Å². The molecule has 0 aliphatic rings. The summed E-state index contributed by atoms with van der Waals surface area (Å²) in [6, 6.07) is 13.3. The van der Waals surface area contributed by atoms with Crippen molar-refractivity contribution in [3.8, 4) is 5.75 Å². The van der Waals surface area contributed by atoms with Crippen molar-refractivity contribution in [2.24, 2.45) is 4.99 Å². The van der Waals surface area contributed by atoms with Crippen LogP contribution in [0.15, 0.2) is 47.5 Å². The van der Waals surface area contributed by atoms with Crippen LogP contribution >= 0.6 is 0 Å². The smallest absolute Gasteiger partial charge is 0.126 e. The lowest BCUT2D eigenvalue weighted by atomic mass is 10.0. The van der Waals surface area contributed by atoms with Crippen molar-refractivity contribution >= 4 is 6.21 Å². The monoisotopic (exact) mass is 285 g/mol. The van der Waals surface area contributed by atoms with Crippen LogP contribution in [0.5, 0.6) is 5.75 Å². The Morgan fingerprint density at radius 3 is 2.14 bits per heavy atom. The number of aliphatic hydroxyl groups is 2. The minimum absolute atomic E-state index is 0.0310. The van der Waals surface area contributed by atoms with Gasteiger partial charge in [-0.25, -0.2) is 0 Å². The third-order valence-electron chi connectivity index (χ3n) is 3.24. The molecule has 0 aliphatic carbocycles. The quantitative estimate of drug-likeness (QED) is 0.711. The molecule has 4 nitrogen and oxygen atoms in total. The molecule has 0 saturated carbocycles. The number of phenols is 1. The molecule has 0 amide bonds. The maximum absolute atomic E-state index is 9.78. The number of aliphatic hydroxyl groups excluding tert-OH is 2. The fourth-order valence-corrected chi connectivity index (χ4v) is 2.12. The second-order valence-electron chi connectivity index (χ2n) is 4.77. The number of nitrogens with zero attached hydrogens (tertiary/aromatic N) is 1. The molecule has 21 heavy (non-hydrogen) atoms. The molecule has 0 aromatic heterocycles. The molecule has 0 saturated heterocycles. The Morgan fingerprint density at radius 1 is 0.952 bits per heavy atom. The van der Waals surface area contributed by atoms with Gasteiger partial charge in [-0.05, 0) is 29.7 Å². The Kier molecular flexibility index (Phi) is 5.49. The minimum atomic E-state index is -0.250. The standard InChI is InChI=1S/C17H19NO3/c19-11-15-8-14(9-16(12-20)17(15)21)6-7-18-10-13-4-2-1-3-5-13/h1-5,8-10,19-21H,6-7,11-12H2. The third-order valence-corrected chi connectivity index (χ3v) is 3.24. The summed E-state index contributed by atoms with van der Waals surface area (Å²) in [4.78, 5) is 4.36. The number of aliphatic imine (C=N–C) groups is 1. The first kappa shape index (κ1) is 15.2. The topological polar surface area (TPSA) is 73.1 Å². The highest BCUT2D eigenvalue weighted by atomic mass is 16.3. The van der Waals surface area contributed by atoms with Gasteiger partial charge in [0.05, 0.1) is 13.2 Å².